The minimum Gasteiger partial charge on any atom is -0.458 e. The van der Waals surface area contributed by atoms with Gasteiger partial charge >= 0.3 is 5.97 Å². The van der Waals surface area contributed by atoms with E-state index in [4.69, 9.17) is 10.00 Å². The summed E-state index contributed by atoms with van der Waals surface area (Å²) >= 11 is 1.47. The van der Waals surface area contributed by atoms with Gasteiger partial charge in [0, 0.05) is 27.1 Å². The lowest BCUT2D eigenvalue weighted by Gasteiger charge is -2.12. The number of benzene rings is 2. The van der Waals surface area contributed by atoms with E-state index in [9.17, 15) is 9.59 Å². The Labute approximate surface area is 136 Å². The molecule has 3 aromatic rings. The van der Waals surface area contributed by atoms with Crippen molar-refractivity contribution in [3.05, 3.63) is 57.7 Å². The SMILES string of the molecule is CC(=O)OC(C)c1ccc2sc3cc(C#N)ccc3c(=O)c2c1. The van der Waals surface area contributed by atoms with Crippen LogP contribution in [-0.4, -0.2) is 5.97 Å². The van der Waals surface area contributed by atoms with Crippen molar-refractivity contribution in [1.29, 1.82) is 5.26 Å². The minimum atomic E-state index is -0.405. The molecule has 4 nitrogen and oxygen atoms in total. The van der Waals surface area contributed by atoms with Gasteiger partial charge in [0.05, 0.1) is 11.6 Å². The monoisotopic (exact) mass is 323 g/mol. The summed E-state index contributed by atoms with van der Waals surface area (Å²) in [5.41, 5.74) is 1.24. The summed E-state index contributed by atoms with van der Waals surface area (Å²) in [7, 11) is 0. The van der Waals surface area contributed by atoms with Gasteiger partial charge in [0.1, 0.15) is 6.10 Å². The number of nitrogens with zero attached hydrogens (tertiary/aromatic N) is 1. The molecule has 23 heavy (non-hydrogen) atoms. The highest BCUT2D eigenvalue weighted by Crippen LogP contribution is 2.28. The van der Waals surface area contributed by atoms with Gasteiger partial charge in [-0.15, -0.1) is 11.3 Å². The molecule has 0 spiro atoms. The molecule has 0 aliphatic rings. The second kappa shape index (κ2) is 5.82. The number of hydrogen-bond donors (Lipinski definition) is 0. The van der Waals surface area contributed by atoms with Gasteiger partial charge in [0.25, 0.3) is 0 Å². The van der Waals surface area contributed by atoms with Crippen molar-refractivity contribution in [2.75, 3.05) is 0 Å². The zero-order valence-corrected chi connectivity index (χ0v) is 13.4. The van der Waals surface area contributed by atoms with Crippen LogP contribution < -0.4 is 5.43 Å². The molecule has 1 atom stereocenters. The van der Waals surface area contributed by atoms with E-state index in [1.54, 1.807) is 31.2 Å². The highest BCUT2D eigenvalue weighted by atomic mass is 32.1. The molecule has 3 rings (SSSR count). The Kier molecular flexibility index (Phi) is 3.85. The minimum absolute atomic E-state index is 0.0740. The zero-order chi connectivity index (χ0) is 16.6. The number of rotatable bonds is 2. The molecule has 1 aromatic heterocycles. The van der Waals surface area contributed by atoms with Crippen molar-refractivity contribution in [1.82, 2.24) is 0 Å². The maximum Gasteiger partial charge on any atom is 0.303 e. The summed E-state index contributed by atoms with van der Waals surface area (Å²) in [5.74, 6) is -0.356. The van der Waals surface area contributed by atoms with Crippen LogP contribution in [0.2, 0.25) is 0 Å². The average molecular weight is 323 g/mol. The third kappa shape index (κ3) is 2.81. The Morgan fingerprint density at radius 3 is 2.65 bits per heavy atom. The number of nitriles is 1. The first-order chi connectivity index (χ1) is 11.0. The molecule has 5 heteroatoms. The molecule has 0 saturated heterocycles. The molecule has 0 aliphatic heterocycles. The van der Waals surface area contributed by atoms with E-state index >= 15 is 0 Å². The predicted octanol–water partition coefficient (Wildman–Crippen LogP) is 3.91. The van der Waals surface area contributed by atoms with Crippen LogP contribution in [0.15, 0.2) is 41.2 Å². The Balaban J connectivity index is 2.22. The average Bonchev–Trinajstić information content (AvgIpc) is 2.53. The van der Waals surface area contributed by atoms with E-state index in [0.29, 0.717) is 16.3 Å². The summed E-state index contributed by atoms with van der Waals surface area (Å²) in [4.78, 5) is 23.8. The summed E-state index contributed by atoms with van der Waals surface area (Å²) in [5, 5.41) is 10.2. The Hall–Kier alpha value is -2.71. The van der Waals surface area contributed by atoms with Gasteiger partial charge in [0.2, 0.25) is 0 Å². The second-order valence-corrected chi connectivity index (χ2v) is 6.34. The molecule has 1 unspecified atom stereocenters. The smallest absolute Gasteiger partial charge is 0.303 e. The van der Waals surface area contributed by atoms with Crippen LogP contribution in [0.4, 0.5) is 0 Å². The van der Waals surface area contributed by atoms with Gasteiger partial charge in [-0.05, 0) is 42.8 Å². The molecule has 0 fully saturated rings. The zero-order valence-electron chi connectivity index (χ0n) is 12.6. The van der Waals surface area contributed by atoms with Gasteiger partial charge in [-0.3, -0.25) is 9.59 Å². The maximum atomic E-state index is 12.7. The molecule has 0 N–H and O–H groups in total. The number of hydrogen-bond acceptors (Lipinski definition) is 5. The molecular formula is C18H13NO3S. The maximum absolute atomic E-state index is 12.7. The molecule has 0 aliphatic carbocycles. The number of carbonyl (C=O) groups is 1. The van der Waals surface area contributed by atoms with Crippen LogP contribution in [0.3, 0.4) is 0 Å². The molecule has 0 radical (unpaired) electrons. The third-order valence-electron chi connectivity index (χ3n) is 3.64. The van der Waals surface area contributed by atoms with E-state index in [-0.39, 0.29) is 11.4 Å². The van der Waals surface area contributed by atoms with Crippen molar-refractivity contribution < 1.29 is 9.53 Å². The fourth-order valence-corrected chi connectivity index (χ4v) is 3.60. The topological polar surface area (TPSA) is 67.2 Å². The van der Waals surface area contributed by atoms with Crippen molar-refractivity contribution in [3.8, 4) is 6.07 Å². The van der Waals surface area contributed by atoms with E-state index < -0.39 is 6.10 Å². The third-order valence-corrected chi connectivity index (χ3v) is 4.77. The Morgan fingerprint density at radius 2 is 1.96 bits per heavy atom. The van der Waals surface area contributed by atoms with E-state index in [0.717, 1.165) is 15.0 Å². The predicted molar refractivity (Wildman–Crippen MR) is 90.5 cm³/mol. The largest absolute Gasteiger partial charge is 0.458 e. The molecule has 0 amide bonds. The van der Waals surface area contributed by atoms with Crippen molar-refractivity contribution >= 4 is 37.5 Å². The summed E-state index contributed by atoms with van der Waals surface area (Å²) in [6, 6.07) is 12.6. The molecule has 1 heterocycles. The molecule has 0 saturated carbocycles. The summed E-state index contributed by atoms with van der Waals surface area (Å²) < 4.78 is 6.81. The number of ether oxygens (including phenoxy) is 1. The fourth-order valence-electron chi connectivity index (χ4n) is 2.51. The molecule has 0 bridgehead atoms. The van der Waals surface area contributed by atoms with Crippen molar-refractivity contribution in [3.63, 3.8) is 0 Å². The fraction of sp³-hybridized carbons (Fsp3) is 0.167. The first-order valence-corrected chi connectivity index (χ1v) is 7.89. The number of esters is 1. The van der Waals surface area contributed by atoms with Gasteiger partial charge in [-0.2, -0.15) is 5.26 Å². The summed E-state index contributed by atoms with van der Waals surface area (Å²) in [6.07, 6.45) is -0.405. The summed E-state index contributed by atoms with van der Waals surface area (Å²) in [6.45, 7) is 3.13. The number of fused-ring (bicyclic) bond motifs is 2. The van der Waals surface area contributed by atoms with Crippen LogP contribution in [-0.2, 0) is 9.53 Å². The molecular weight excluding hydrogens is 310 g/mol. The highest BCUT2D eigenvalue weighted by Gasteiger charge is 2.12. The van der Waals surface area contributed by atoms with E-state index in [1.807, 2.05) is 12.1 Å². The first-order valence-electron chi connectivity index (χ1n) is 7.07. The lowest BCUT2D eigenvalue weighted by atomic mass is 10.1. The van der Waals surface area contributed by atoms with Gasteiger partial charge in [0.15, 0.2) is 5.43 Å². The van der Waals surface area contributed by atoms with Crippen molar-refractivity contribution in [2.24, 2.45) is 0 Å². The first kappa shape index (κ1) is 15.2. The molecule has 114 valence electrons. The van der Waals surface area contributed by atoms with Gasteiger partial charge < -0.3 is 4.74 Å². The van der Waals surface area contributed by atoms with Crippen LogP contribution in [0.25, 0.3) is 20.2 Å². The van der Waals surface area contributed by atoms with E-state index in [1.165, 1.54) is 18.3 Å². The van der Waals surface area contributed by atoms with Crippen LogP contribution >= 0.6 is 11.3 Å². The van der Waals surface area contributed by atoms with Crippen LogP contribution in [0.5, 0.6) is 0 Å². The van der Waals surface area contributed by atoms with Crippen molar-refractivity contribution in [2.45, 2.75) is 20.0 Å². The standard InChI is InChI=1S/C18H13NO3S/c1-10(22-11(2)20)13-4-6-16-15(8-13)18(21)14-5-3-12(9-19)7-17(14)23-16/h3-8,10H,1-2H3. The second-order valence-electron chi connectivity index (χ2n) is 5.26. The Bertz CT molecular complexity index is 1030. The quantitative estimate of drug-likeness (QED) is 0.530. The highest BCUT2D eigenvalue weighted by molar-refractivity contribution is 7.24. The lowest BCUT2D eigenvalue weighted by Crippen LogP contribution is -2.06. The van der Waals surface area contributed by atoms with E-state index in [2.05, 4.69) is 6.07 Å². The normalized spacial score (nSPS) is 12.0. The lowest BCUT2D eigenvalue weighted by molar-refractivity contribution is -0.145. The molecule has 2 aromatic carbocycles. The number of carbonyl (C=O) groups excluding carboxylic acids is 1. The van der Waals surface area contributed by atoms with Crippen LogP contribution in [0.1, 0.15) is 31.1 Å². The van der Waals surface area contributed by atoms with Crippen LogP contribution in [0, 0.1) is 11.3 Å². The van der Waals surface area contributed by atoms with Gasteiger partial charge in [-0.1, -0.05) is 6.07 Å². The van der Waals surface area contributed by atoms with Gasteiger partial charge in [-0.25, -0.2) is 0 Å². The Morgan fingerprint density at radius 1 is 1.17 bits per heavy atom.